The van der Waals surface area contributed by atoms with Crippen LogP contribution in [-0.4, -0.2) is 30.3 Å². The average molecular weight is 434 g/mol. The van der Waals surface area contributed by atoms with Crippen molar-refractivity contribution in [3.63, 3.8) is 0 Å². The number of alkyl carbamates (subject to hydrolysis) is 1. The smallest absolute Gasteiger partial charge is 0.407 e. The molecule has 0 spiro atoms. The Bertz CT molecular complexity index is 1130. The Morgan fingerprint density at radius 1 is 1.00 bits per heavy atom. The van der Waals surface area contributed by atoms with Crippen molar-refractivity contribution in [1.29, 1.82) is 0 Å². The van der Waals surface area contributed by atoms with Gasteiger partial charge in [0.1, 0.15) is 6.61 Å². The predicted octanol–water partition coefficient (Wildman–Crippen LogP) is 5.59. The van der Waals surface area contributed by atoms with E-state index in [0.717, 1.165) is 16.7 Å². The minimum Gasteiger partial charge on any atom is -0.478 e. The standard InChI is InChI=1S/C25H20ClNO4/c26-23-14-16(11-12-21(23)24(28)29)6-5-13-27-25(30)31-15-22-19-9-3-1-7-17(19)18-8-2-4-10-20(18)22/h1-12,14,22H,13,15H2,(H,27,30)(H,28,29). The molecular formula is C25H20ClNO4. The fourth-order valence-electron chi connectivity index (χ4n) is 3.80. The van der Waals surface area contributed by atoms with E-state index in [1.165, 1.54) is 17.2 Å². The normalized spacial score (nSPS) is 12.4. The second kappa shape index (κ2) is 9.06. The highest BCUT2D eigenvalue weighted by molar-refractivity contribution is 6.33. The van der Waals surface area contributed by atoms with Gasteiger partial charge in [-0.05, 0) is 39.9 Å². The van der Waals surface area contributed by atoms with Crippen LogP contribution in [0.15, 0.2) is 72.8 Å². The Morgan fingerprint density at radius 2 is 1.65 bits per heavy atom. The number of benzene rings is 3. The van der Waals surface area contributed by atoms with Crippen molar-refractivity contribution in [2.75, 3.05) is 13.2 Å². The summed E-state index contributed by atoms with van der Waals surface area (Å²) in [5.74, 6) is -1.05. The highest BCUT2D eigenvalue weighted by Crippen LogP contribution is 2.44. The van der Waals surface area contributed by atoms with Crippen LogP contribution in [0, 0.1) is 0 Å². The molecule has 0 aromatic heterocycles. The van der Waals surface area contributed by atoms with Crippen molar-refractivity contribution in [3.05, 3.63) is 100 Å². The van der Waals surface area contributed by atoms with E-state index in [2.05, 4.69) is 29.6 Å². The van der Waals surface area contributed by atoms with Gasteiger partial charge in [-0.3, -0.25) is 0 Å². The second-order valence-electron chi connectivity index (χ2n) is 7.15. The summed E-state index contributed by atoms with van der Waals surface area (Å²) in [6.07, 6.45) is 3.00. The van der Waals surface area contributed by atoms with Gasteiger partial charge >= 0.3 is 12.1 Å². The maximum Gasteiger partial charge on any atom is 0.407 e. The molecule has 5 nitrogen and oxygen atoms in total. The molecule has 0 saturated carbocycles. The molecule has 0 aliphatic heterocycles. The summed E-state index contributed by atoms with van der Waals surface area (Å²) < 4.78 is 5.48. The van der Waals surface area contributed by atoms with Crippen LogP contribution in [0.2, 0.25) is 5.02 Å². The van der Waals surface area contributed by atoms with Crippen molar-refractivity contribution in [1.82, 2.24) is 5.32 Å². The van der Waals surface area contributed by atoms with E-state index >= 15 is 0 Å². The van der Waals surface area contributed by atoms with Gasteiger partial charge in [0.25, 0.3) is 0 Å². The first-order chi connectivity index (χ1) is 15.0. The molecule has 4 rings (SSSR count). The molecule has 0 radical (unpaired) electrons. The number of carboxylic acid groups (broad SMARTS) is 1. The summed E-state index contributed by atoms with van der Waals surface area (Å²) in [6, 6.07) is 21.0. The van der Waals surface area contributed by atoms with Crippen molar-refractivity contribution >= 4 is 29.7 Å². The third-order valence-electron chi connectivity index (χ3n) is 5.24. The molecule has 3 aromatic carbocycles. The maximum atomic E-state index is 12.2. The van der Waals surface area contributed by atoms with E-state index in [9.17, 15) is 9.59 Å². The number of carbonyl (C=O) groups is 2. The van der Waals surface area contributed by atoms with Gasteiger partial charge < -0.3 is 15.2 Å². The molecule has 0 saturated heterocycles. The zero-order chi connectivity index (χ0) is 21.8. The Kier molecular flexibility index (Phi) is 6.05. The number of nitrogens with one attached hydrogen (secondary N) is 1. The summed E-state index contributed by atoms with van der Waals surface area (Å²) in [5.41, 5.74) is 5.49. The predicted molar refractivity (Wildman–Crippen MR) is 121 cm³/mol. The van der Waals surface area contributed by atoms with E-state index in [1.54, 1.807) is 24.3 Å². The molecule has 6 heteroatoms. The van der Waals surface area contributed by atoms with Crippen LogP contribution in [-0.2, 0) is 4.74 Å². The first kappa shape index (κ1) is 20.7. The van der Waals surface area contributed by atoms with Gasteiger partial charge in [0.15, 0.2) is 0 Å². The fourth-order valence-corrected chi connectivity index (χ4v) is 4.06. The second-order valence-corrected chi connectivity index (χ2v) is 7.56. The number of amides is 1. The van der Waals surface area contributed by atoms with Gasteiger partial charge in [-0.25, -0.2) is 9.59 Å². The molecule has 0 atom stereocenters. The van der Waals surface area contributed by atoms with Crippen LogP contribution in [0.1, 0.15) is 33.0 Å². The molecule has 1 amide bonds. The average Bonchev–Trinajstić information content (AvgIpc) is 3.09. The summed E-state index contributed by atoms with van der Waals surface area (Å²) >= 11 is 5.96. The summed E-state index contributed by atoms with van der Waals surface area (Å²) in [6.45, 7) is 0.533. The molecule has 31 heavy (non-hydrogen) atoms. The van der Waals surface area contributed by atoms with E-state index in [-0.39, 0.29) is 29.7 Å². The molecule has 1 aliphatic rings. The highest BCUT2D eigenvalue weighted by Gasteiger charge is 2.28. The third kappa shape index (κ3) is 4.47. The molecular weight excluding hydrogens is 414 g/mol. The van der Waals surface area contributed by atoms with Crippen molar-refractivity contribution in [2.45, 2.75) is 5.92 Å². The molecule has 156 valence electrons. The zero-order valence-corrected chi connectivity index (χ0v) is 17.3. The third-order valence-corrected chi connectivity index (χ3v) is 5.55. The van der Waals surface area contributed by atoms with Crippen LogP contribution in [0.4, 0.5) is 4.79 Å². The van der Waals surface area contributed by atoms with Crippen LogP contribution in [0.25, 0.3) is 17.2 Å². The number of carbonyl (C=O) groups excluding carboxylic acids is 1. The number of hydrogen-bond acceptors (Lipinski definition) is 3. The number of ether oxygens (including phenoxy) is 1. The van der Waals surface area contributed by atoms with Gasteiger partial charge in [0.2, 0.25) is 0 Å². The fraction of sp³-hybridized carbons (Fsp3) is 0.120. The Morgan fingerprint density at radius 3 is 2.26 bits per heavy atom. The van der Waals surface area contributed by atoms with Gasteiger partial charge in [-0.2, -0.15) is 0 Å². The lowest BCUT2D eigenvalue weighted by atomic mass is 9.98. The van der Waals surface area contributed by atoms with Crippen molar-refractivity contribution < 1.29 is 19.4 Å². The van der Waals surface area contributed by atoms with E-state index in [0.29, 0.717) is 0 Å². The lowest BCUT2D eigenvalue weighted by molar-refractivity contribution is 0.0697. The molecule has 0 bridgehead atoms. The molecule has 0 unspecified atom stereocenters. The highest BCUT2D eigenvalue weighted by atomic mass is 35.5. The number of carboxylic acids is 1. The quantitative estimate of drug-likeness (QED) is 0.531. The van der Waals surface area contributed by atoms with E-state index < -0.39 is 12.1 Å². The van der Waals surface area contributed by atoms with Gasteiger partial charge in [-0.15, -0.1) is 0 Å². The number of hydrogen-bond donors (Lipinski definition) is 2. The van der Waals surface area contributed by atoms with Crippen molar-refractivity contribution in [3.8, 4) is 11.1 Å². The minimum absolute atomic E-state index is 0.0172. The van der Waals surface area contributed by atoms with Crippen molar-refractivity contribution in [2.24, 2.45) is 0 Å². The number of rotatable bonds is 6. The van der Waals surface area contributed by atoms with Crippen LogP contribution in [0.3, 0.4) is 0 Å². The topological polar surface area (TPSA) is 75.6 Å². The molecule has 0 heterocycles. The van der Waals surface area contributed by atoms with Crippen LogP contribution >= 0.6 is 11.6 Å². The lowest BCUT2D eigenvalue weighted by Gasteiger charge is -2.14. The Labute approximate surface area is 184 Å². The first-order valence-corrected chi connectivity index (χ1v) is 10.2. The number of halogens is 1. The van der Waals surface area contributed by atoms with Gasteiger partial charge in [0.05, 0.1) is 10.6 Å². The lowest BCUT2D eigenvalue weighted by Crippen LogP contribution is -2.26. The first-order valence-electron chi connectivity index (χ1n) is 9.83. The van der Waals surface area contributed by atoms with Gasteiger partial charge in [0, 0.05) is 12.5 Å². The molecule has 3 aromatic rings. The Hall–Kier alpha value is -3.57. The van der Waals surface area contributed by atoms with E-state index in [1.807, 2.05) is 24.3 Å². The van der Waals surface area contributed by atoms with Crippen LogP contribution in [0.5, 0.6) is 0 Å². The van der Waals surface area contributed by atoms with Crippen LogP contribution < -0.4 is 5.32 Å². The van der Waals surface area contributed by atoms with Gasteiger partial charge in [-0.1, -0.05) is 78.4 Å². The van der Waals surface area contributed by atoms with E-state index in [4.69, 9.17) is 21.4 Å². The largest absolute Gasteiger partial charge is 0.478 e. The molecule has 1 aliphatic carbocycles. The Balaban J connectivity index is 1.32. The monoisotopic (exact) mass is 433 g/mol. The zero-order valence-electron chi connectivity index (χ0n) is 16.5. The SMILES string of the molecule is O=C(NCC=Cc1ccc(C(=O)O)c(Cl)c1)OCC1c2ccccc2-c2ccccc21. The molecule has 2 N–H and O–H groups in total. The number of aromatic carboxylic acids is 1. The summed E-state index contributed by atoms with van der Waals surface area (Å²) in [7, 11) is 0. The maximum absolute atomic E-state index is 12.2. The summed E-state index contributed by atoms with van der Waals surface area (Å²) in [4.78, 5) is 23.2. The number of fused-ring (bicyclic) bond motifs is 3. The molecule has 0 fully saturated rings. The minimum atomic E-state index is -1.07. The summed E-state index contributed by atoms with van der Waals surface area (Å²) in [5, 5.41) is 11.9.